The van der Waals surface area contributed by atoms with E-state index < -0.39 is 0 Å². The highest BCUT2D eigenvalue weighted by molar-refractivity contribution is 6.31. The van der Waals surface area contributed by atoms with Crippen LogP contribution in [0.5, 0.6) is 0 Å². The second-order valence-electron chi connectivity index (χ2n) is 4.34. The minimum absolute atomic E-state index is 0.304. The van der Waals surface area contributed by atoms with Gasteiger partial charge in [-0.3, -0.25) is 5.84 Å². The van der Waals surface area contributed by atoms with Crippen molar-refractivity contribution in [2.24, 2.45) is 5.84 Å². The Bertz CT molecular complexity index is 757. The van der Waals surface area contributed by atoms with Crippen molar-refractivity contribution in [1.82, 2.24) is 10.4 Å². The van der Waals surface area contributed by atoms with Crippen LogP contribution in [0.25, 0.3) is 11.0 Å². The molecule has 0 aliphatic carbocycles. The molecule has 0 aliphatic rings. The zero-order valence-corrected chi connectivity index (χ0v) is 11.8. The summed E-state index contributed by atoms with van der Waals surface area (Å²) in [7, 11) is 0. The zero-order chi connectivity index (χ0) is 14.1. The van der Waals surface area contributed by atoms with Crippen molar-refractivity contribution in [3.8, 4) is 0 Å². The maximum atomic E-state index is 5.97. The first-order valence-electron chi connectivity index (χ1n) is 5.94. The molecule has 1 aromatic carbocycles. The van der Waals surface area contributed by atoms with Gasteiger partial charge in [0, 0.05) is 16.6 Å². The molecule has 0 bridgehead atoms. The third kappa shape index (κ3) is 2.51. The van der Waals surface area contributed by atoms with Crippen LogP contribution in [0.1, 0.15) is 17.4 Å². The first kappa shape index (κ1) is 13.4. The van der Waals surface area contributed by atoms with E-state index in [1.54, 1.807) is 18.3 Å². The predicted molar refractivity (Wildman–Crippen MR) is 79.6 cm³/mol. The van der Waals surface area contributed by atoms with Crippen LogP contribution in [0.15, 0.2) is 47.0 Å². The maximum Gasteiger partial charge on any atom is 0.134 e. The van der Waals surface area contributed by atoms with Gasteiger partial charge in [0.05, 0.1) is 0 Å². The fourth-order valence-corrected chi connectivity index (χ4v) is 2.48. The molecular weight excluding hydrogens is 297 g/mol. The van der Waals surface area contributed by atoms with Crippen LogP contribution in [0.4, 0.5) is 0 Å². The molecule has 20 heavy (non-hydrogen) atoms. The average Bonchev–Trinajstić information content (AvgIpc) is 2.82. The SMILES string of the molecule is NNC(c1ccnc(Cl)c1)c1cc2cc(Cl)ccc2o1. The van der Waals surface area contributed by atoms with Gasteiger partial charge in [-0.1, -0.05) is 23.2 Å². The molecule has 3 rings (SSSR count). The number of hydrogen-bond donors (Lipinski definition) is 2. The highest BCUT2D eigenvalue weighted by Crippen LogP contribution is 2.29. The van der Waals surface area contributed by atoms with Crippen LogP contribution < -0.4 is 11.3 Å². The summed E-state index contributed by atoms with van der Waals surface area (Å²) in [5, 5.41) is 1.99. The molecule has 1 unspecified atom stereocenters. The van der Waals surface area contributed by atoms with Crippen molar-refractivity contribution in [2.45, 2.75) is 6.04 Å². The Morgan fingerprint density at radius 3 is 2.75 bits per heavy atom. The number of aromatic nitrogens is 1. The summed E-state index contributed by atoms with van der Waals surface area (Å²) in [6.07, 6.45) is 1.63. The Hall–Kier alpha value is -1.59. The number of fused-ring (bicyclic) bond motifs is 1. The van der Waals surface area contributed by atoms with Crippen LogP contribution in [-0.4, -0.2) is 4.98 Å². The van der Waals surface area contributed by atoms with E-state index in [9.17, 15) is 0 Å². The van der Waals surface area contributed by atoms with Crippen molar-refractivity contribution in [1.29, 1.82) is 0 Å². The van der Waals surface area contributed by atoms with Gasteiger partial charge in [0.25, 0.3) is 0 Å². The highest BCUT2D eigenvalue weighted by Gasteiger charge is 2.17. The number of rotatable bonds is 3. The Morgan fingerprint density at radius 1 is 1.15 bits per heavy atom. The molecule has 4 nitrogen and oxygen atoms in total. The van der Waals surface area contributed by atoms with Crippen LogP contribution >= 0.6 is 23.2 Å². The Balaban J connectivity index is 2.07. The molecule has 0 spiro atoms. The topological polar surface area (TPSA) is 64.1 Å². The van der Waals surface area contributed by atoms with E-state index in [-0.39, 0.29) is 6.04 Å². The van der Waals surface area contributed by atoms with Crippen molar-refractivity contribution in [2.75, 3.05) is 0 Å². The minimum atomic E-state index is -0.304. The van der Waals surface area contributed by atoms with Gasteiger partial charge in [-0.15, -0.1) is 0 Å². The van der Waals surface area contributed by atoms with Gasteiger partial charge in [0.2, 0.25) is 0 Å². The summed E-state index contributed by atoms with van der Waals surface area (Å²) >= 11 is 11.9. The lowest BCUT2D eigenvalue weighted by molar-refractivity contribution is 0.477. The number of hydrogen-bond acceptors (Lipinski definition) is 4. The van der Waals surface area contributed by atoms with E-state index in [4.69, 9.17) is 33.5 Å². The van der Waals surface area contributed by atoms with Crippen molar-refractivity contribution < 1.29 is 4.42 Å². The third-order valence-corrected chi connectivity index (χ3v) is 3.47. The van der Waals surface area contributed by atoms with Crippen LogP contribution in [-0.2, 0) is 0 Å². The van der Waals surface area contributed by atoms with E-state index in [0.717, 1.165) is 16.5 Å². The monoisotopic (exact) mass is 307 g/mol. The van der Waals surface area contributed by atoms with Gasteiger partial charge in [0.15, 0.2) is 0 Å². The van der Waals surface area contributed by atoms with Gasteiger partial charge < -0.3 is 4.42 Å². The lowest BCUT2D eigenvalue weighted by atomic mass is 10.1. The van der Waals surface area contributed by atoms with E-state index in [0.29, 0.717) is 15.9 Å². The number of halogens is 2. The summed E-state index contributed by atoms with van der Waals surface area (Å²) in [6, 6.07) is 10.6. The number of furan rings is 1. The summed E-state index contributed by atoms with van der Waals surface area (Å²) in [4.78, 5) is 3.95. The van der Waals surface area contributed by atoms with Crippen LogP contribution in [0.3, 0.4) is 0 Å². The van der Waals surface area contributed by atoms with Crippen molar-refractivity contribution >= 4 is 34.2 Å². The molecule has 2 aromatic heterocycles. The molecule has 0 amide bonds. The molecule has 3 N–H and O–H groups in total. The van der Waals surface area contributed by atoms with E-state index >= 15 is 0 Å². The van der Waals surface area contributed by atoms with Crippen molar-refractivity contribution in [3.63, 3.8) is 0 Å². The quantitative estimate of drug-likeness (QED) is 0.440. The molecule has 2 heterocycles. The number of nitrogens with two attached hydrogens (primary N) is 1. The van der Waals surface area contributed by atoms with E-state index in [2.05, 4.69) is 10.4 Å². The lowest BCUT2D eigenvalue weighted by Crippen LogP contribution is -2.28. The summed E-state index contributed by atoms with van der Waals surface area (Å²) in [6.45, 7) is 0. The van der Waals surface area contributed by atoms with Gasteiger partial charge in [-0.25, -0.2) is 10.4 Å². The normalized spacial score (nSPS) is 12.8. The molecule has 0 saturated heterocycles. The Kier molecular flexibility index (Phi) is 3.63. The maximum absolute atomic E-state index is 5.97. The van der Waals surface area contributed by atoms with Crippen LogP contribution in [0.2, 0.25) is 10.2 Å². The fourth-order valence-electron chi connectivity index (χ4n) is 2.12. The minimum Gasteiger partial charge on any atom is -0.459 e. The molecule has 6 heteroatoms. The number of nitrogens with zero attached hydrogens (tertiary/aromatic N) is 1. The average molecular weight is 308 g/mol. The van der Waals surface area contributed by atoms with Gasteiger partial charge in [-0.05, 0) is 42.0 Å². The molecule has 102 valence electrons. The van der Waals surface area contributed by atoms with E-state index in [1.165, 1.54) is 0 Å². The summed E-state index contributed by atoms with van der Waals surface area (Å²) < 4.78 is 5.81. The number of hydrazine groups is 1. The smallest absolute Gasteiger partial charge is 0.134 e. The molecule has 1 atom stereocenters. The first-order valence-corrected chi connectivity index (χ1v) is 6.69. The lowest BCUT2D eigenvalue weighted by Gasteiger charge is -2.13. The van der Waals surface area contributed by atoms with Gasteiger partial charge in [-0.2, -0.15) is 0 Å². The first-order chi connectivity index (χ1) is 9.67. The van der Waals surface area contributed by atoms with Crippen molar-refractivity contribution in [3.05, 3.63) is 64.1 Å². The standard InChI is InChI=1S/C14H11Cl2N3O/c15-10-1-2-11-9(5-10)6-12(20-11)14(19-17)8-3-4-18-13(16)7-8/h1-7,14,19H,17H2. The van der Waals surface area contributed by atoms with E-state index in [1.807, 2.05) is 24.3 Å². The summed E-state index contributed by atoms with van der Waals surface area (Å²) in [5.41, 5.74) is 4.35. The molecule has 3 aromatic rings. The Morgan fingerprint density at radius 2 is 2.00 bits per heavy atom. The predicted octanol–water partition coefficient (Wildman–Crippen LogP) is 3.69. The zero-order valence-electron chi connectivity index (χ0n) is 10.3. The summed E-state index contributed by atoms with van der Waals surface area (Å²) in [5.74, 6) is 6.33. The molecule has 0 radical (unpaired) electrons. The van der Waals surface area contributed by atoms with Crippen LogP contribution in [0, 0.1) is 0 Å². The third-order valence-electron chi connectivity index (χ3n) is 3.03. The van der Waals surface area contributed by atoms with Gasteiger partial charge in [0.1, 0.15) is 22.5 Å². The molecular formula is C14H11Cl2N3O. The highest BCUT2D eigenvalue weighted by atomic mass is 35.5. The second kappa shape index (κ2) is 5.42. The molecule has 0 fully saturated rings. The number of benzene rings is 1. The second-order valence-corrected chi connectivity index (χ2v) is 5.17. The Labute approximate surface area is 125 Å². The van der Waals surface area contributed by atoms with Gasteiger partial charge >= 0.3 is 0 Å². The number of nitrogens with one attached hydrogen (secondary N) is 1. The number of pyridine rings is 1. The molecule has 0 aliphatic heterocycles. The molecule has 0 saturated carbocycles. The fraction of sp³-hybridized carbons (Fsp3) is 0.0714. The largest absolute Gasteiger partial charge is 0.459 e.